The molecule has 12 nitrogen and oxygen atoms in total. The molecule has 1 heterocycles. The molecule has 0 saturated heterocycles. The summed E-state index contributed by atoms with van der Waals surface area (Å²) in [4.78, 5) is 33.9. The molecule has 3 aliphatic rings. The van der Waals surface area contributed by atoms with Crippen LogP contribution in [0.15, 0.2) is 83.5 Å². The van der Waals surface area contributed by atoms with Crippen molar-refractivity contribution in [3.63, 3.8) is 0 Å². The van der Waals surface area contributed by atoms with Gasteiger partial charge in [-0.1, -0.05) is 46.3 Å². The van der Waals surface area contributed by atoms with Gasteiger partial charge in [0.2, 0.25) is 0 Å². The second-order valence-corrected chi connectivity index (χ2v) is 15.1. The van der Waals surface area contributed by atoms with Crippen LogP contribution >= 0.6 is 15.9 Å². The van der Waals surface area contributed by atoms with Crippen LogP contribution in [0.4, 0.5) is 0 Å². The quantitative estimate of drug-likeness (QED) is 0.0680. The molecule has 0 aliphatic heterocycles. The lowest BCUT2D eigenvalue weighted by molar-refractivity contribution is -0.152. The van der Waals surface area contributed by atoms with E-state index in [2.05, 4.69) is 15.9 Å². The first-order chi connectivity index (χ1) is 28.4. The number of furan rings is 1. The summed E-state index contributed by atoms with van der Waals surface area (Å²) in [5, 5.41) is 20.1. The summed E-state index contributed by atoms with van der Waals surface area (Å²) in [5.74, 6) is 0.342. The molecule has 7 rings (SSSR count). The molecule has 0 atom stereocenters. The van der Waals surface area contributed by atoms with Gasteiger partial charge in [-0.3, -0.25) is 14.4 Å². The molecule has 0 unspecified atom stereocenters. The maximum absolute atomic E-state index is 11.5. The summed E-state index contributed by atoms with van der Waals surface area (Å²) in [6, 6.07) is 22.5. The molecule has 3 fully saturated rings. The van der Waals surface area contributed by atoms with E-state index in [9.17, 15) is 19.5 Å². The fourth-order valence-electron chi connectivity index (χ4n) is 6.70. The lowest BCUT2D eigenvalue weighted by Gasteiger charge is -2.18. The van der Waals surface area contributed by atoms with Gasteiger partial charge in [-0.15, -0.1) is 0 Å². The average Bonchev–Trinajstić information content (AvgIpc) is 4.15. The second-order valence-electron chi connectivity index (χ2n) is 14.5. The van der Waals surface area contributed by atoms with E-state index in [-0.39, 0.29) is 23.8 Å². The number of carbonyl (C=O) groups is 3. The van der Waals surface area contributed by atoms with Gasteiger partial charge in [-0.2, -0.15) is 0 Å². The molecule has 4 aromatic rings. The lowest BCUT2D eigenvalue weighted by Crippen LogP contribution is -2.25. The van der Waals surface area contributed by atoms with E-state index in [0.717, 1.165) is 64.4 Å². The Morgan fingerprint density at radius 2 is 1.08 bits per heavy atom. The van der Waals surface area contributed by atoms with Gasteiger partial charge in [0.15, 0.2) is 12.6 Å². The number of carboxylic acid groups (broad SMARTS) is 2. The molecule has 3 saturated carbocycles. The Labute approximate surface area is 355 Å². The van der Waals surface area contributed by atoms with Crippen molar-refractivity contribution >= 4 is 44.6 Å². The standard InChI is InChI=1S/C16H22O5.C12H10O3.C12H14O2.C6H13BrO2/c1-3-19-14(20-4-2)11-21-13-7-5-12(6-8-13)16(9-10-16)15(17)18;13-11(14)12(4-5-12)9-1-2-10-8(7-9)3-6-15-10;1-9(13)12(7-8-12)10-3-5-11(14-2)6-4-10;1-3-8-6(5-7)9-4-2/h5-8,14H,3-4,9-11H2,1-2H3,(H,17,18);1-3,6-7H,4-5H2,(H,13,14);3-6H,7-8H2,1-2H3;6H,3-5H2,1-2H3. The topological polar surface area (TPSA) is 160 Å². The molecular formula is C46H59BrO12. The fourth-order valence-corrected chi connectivity index (χ4v) is 7.08. The number of ether oxygens (including phenoxy) is 6. The highest BCUT2D eigenvalue weighted by Crippen LogP contribution is 2.50. The Hall–Kier alpha value is -4.27. The predicted molar refractivity (Wildman–Crippen MR) is 228 cm³/mol. The minimum absolute atomic E-state index is 0.0694. The van der Waals surface area contributed by atoms with E-state index in [1.165, 1.54) is 0 Å². The summed E-state index contributed by atoms with van der Waals surface area (Å²) in [6.07, 6.45) is 6.06. The van der Waals surface area contributed by atoms with Gasteiger partial charge in [-0.05, 0) is 132 Å². The van der Waals surface area contributed by atoms with Crippen LogP contribution in [-0.4, -0.2) is 86.0 Å². The third-order valence-electron chi connectivity index (χ3n) is 10.7. The number of carbonyl (C=O) groups excluding carboxylic acids is 1. The first kappa shape index (κ1) is 47.4. The van der Waals surface area contributed by atoms with Gasteiger partial charge >= 0.3 is 11.9 Å². The molecule has 59 heavy (non-hydrogen) atoms. The number of hydrogen-bond acceptors (Lipinski definition) is 10. The van der Waals surface area contributed by atoms with Crippen LogP contribution in [-0.2, 0) is 49.6 Å². The number of fused-ring (bicyclic) bond motifs is 1. The predicted octanol–water partition coefficient (Wildman–Crippen LogP) is 9.23. The fraction of sp³-hybridized carbons (Fsp3) is 0.500. The smallest absolute Gasteiger partial charge is 0.314 e. The van der Waals surface area contributed by atoms with Gasteiger partial charge < -0.3 is 43.1 Å². The van der Waals surface area contributed by atoms with E-state index in [1.54, 1.807) is 32.4 Å². The van der Waals surface area contributed by atoms with Gasteiger partial charge in [0.05, 0.1) is 34.9 Å². The number of alkyl halides is 1. The number of methoxy groups -OCH3 is 1. The Bertz CT molecular complexity index is 1900. The van der Waals surface area contributed by atoms with Crippen LogP contribution in [0, 0.1) is 0 Å². The number of halogens is 1. The molecule has 3 aromatic carbocycles. The molecule has 322 valence electrons. The zero-order valence-corrected chi connectivity index (χ0v) is 36.6. The molecule has 2 N–H and O–H groups in total. The minimum Gasteiger partial charge on any atom is -0.497 e. The van der Waals surface area contributed by atoms with Crippen molar-refractivity contribution in [2.24, 2.45) is 0 Å². The largest absolute Gasteiger partial charge is 0.497 e. The Morgan fingerprint density at radius 3 is 1.51 bits per heavy atom. The van der Waals surface area contributed by atoms with Gasteiger partial charge in [-0.25, -0.2) is 0 Å². The highest BCUT2D eigenvalue weighted by molar-refractivity contribution is 9.09. The zero-order valence-electron chi connectivity index (χ0n) is 35.0. The summed E-state index contributed by atoms with van der Waals surface area (Å²) in [6.45, 7) is 12.2. The van der Waals surface area contributed by atoms with Crippen LogP contribution in [0.1, 0.15) is 89.8 Å². The number of benzene rings is 3. The van der Waals surface area contributed by atoms with Crippen molar-refractivity contribution in [1.82, 2.24) is 0 Å². The summed E-state index contributed by atoms with van der Waals surface area (Å²) in [7, 11) is 1.65. The van der Waals surface area contributed by atoms with Crippen molar-refractivity contribution in [1.29, 1.82) is 0 Å². The van der Waals surface area contributed by atoms with Crippen molar-refractivity contribution in [3.05, 3.63) is 95.7 Å². The average molecular weight is 884 g/mol. The highest BCUT2D eigenvalue weighted by Gasteiger charge is 2.52. The van der Waals surface area contributed by atoms with E-state index >= 15 is 0 Å². The molecule has 0 amide bonds. The third kappa shape index (κ3) is 12.6. The second kappa shape index (κ2) is 22.4. The lowest BCUT2D eigenvalue weighted by atomic mass is 9.92. The normalized spacial score (nSPS) is 16.0. The molecule has 3 aliphatic carbocycles. The third-order valence-corrected chi connectivity index (χ3v) is 11.2. The van der Waals surface area contributed by atoms with Crippen LogP contribution in [0.2, 0.25) is 0 Å². The summed E-state index contributed by atoms with van der Waals surface area (Å²) >= 11 is 3.27. The summed E-state index contributed by atoms with van der Waals surface area (Å²) in [5.41, 5.74) is 2.22. The van der Waals surface area contributed by atoms with E-state index in [1.807, 2.05) is 88.4 Å². The Balaban J connectivity index is 0.000000181. The monoisotopic (exact) mass is 882 g/mol. The zero-order chi connectivity index (χ0) is 43.1. The first-order valence-electron chi connectivity index (χ1n) is 20.2. The highest BCUT2D eigenvalue weighted by atomic mass is 79.9. The SMILES string of the molecule is CCOC(CBr)OCC.CCOC(COc1ccc(C2(C(=O)O)CC2)cc1)OCC.COc1ccc(C2(C(C)=O)CC2)cc1.O=C(O)C1(c2ccc3occc3c2)CC1. The molecule has 13 heteroatoms. The number of hydrogen-bond donors (Lipinski definition) is 2. The number of Topliss-reactive ketones (excluding diaryl/α,β-unsaturated/α-hetero) is 1. The first-order valence-corrected chi connectivity index (χ1v) is 21.4. The molecular weight excluding hydrogens is 824 g/mol. The van der Waals surface area contributed by atoms with Crippen molar-refractivity contribution < 1.29 is 57.4 Å². The Morgan fingerprint density at radius 1 is 0.644 bits per heavy atom. The number of ketones is 1. The van der Waals surface area contributed by atoms with Gasteiger partial charge in [0, 0.05) is 31.8 Å². The molecule has 0 spiro atoms. The number of carboxylic acids is 2. The molecule has 1 aromatic heterocycles. The summed E-state index contributed by atoms with van der Waals surface area (Å²) < 4.78 is 37.0. The van der Waals surface area contributed by atoms with Gasteiger partial charge in [0.25, 0.3) is 0 Å². The van der Waals surface area contributed by atoms with E-state index < -0.39 is 22.8 Å². The number of rotatable bonds is 19. The van der Waals surface area contributed by atoms with E-state index in [0.29, 0.717) is 51.6 Å². The minimum atomic E-state index is -0.746. The van der Waals surface area contributed by atoms with Crippen molar-refractivity contribution in [2.75, 3.05) is 45.5 Å². The molecule has 0 bridgehead atoms. The van der Waals surface area contributed by atoms with Gasteiger partial charge in [0.1, 0.15) is 29.5 Å². The maximum atomic E-state index is 11.5. The van der Waals surface area contributed by atoms with Crippen LogP contribution in [0.5, 0.6) is 11.5 Å². The Kier molecular flexibility index (Phi) is 18.0. The maximum Gasteiger partial charge on any atom is 0.314 e. The number of aliphatic carboxylic acids is 2. The molecule has 0 radical (unpaired) electrons. The van der Waals surface area contributed by atoms with Crippen LogP contribution < -0.4 is 9.47 Å². The van der Waals surface area contributed by atoms with Crippen molar-refractivity contribution in [3.8, 4) is 11.5 Å². The van der Waals surface area contributed by atoms with E-state index in [4.69, 9.17) is 37.9 Å². The van der Waals surface area contributed by atoms with Crippen LogP contribution in [0.25, 0.3) is 11.0 Å². The van der Waals surface area contributed by atoms with Crippen LogP contribution in [0.3, 0.4) is 0 Å². The van der Waals surface area contributed by atoms with Crippen molar-refractivity contribution in [2.45, 2.75) is 102 Å².